The zero-order valence-electron chi connectivity index (χ0n) is 11.5. The van der Waals surface area contributed by atoms with Gasteiger partial charge in [0.2, 0.25) is 0 Å². The second-order valence-corrected chi connectivity index (χ2v) is 6.60. The SMILES string of the molecule is O=C(C(O)c1cc(Cl)cc(Cl)c1)N1CCOCC12CCC2. The normalized spacial score (nSPS) is 22.0. The van der Waals surface area contributed by atoms with Crippen molar-refractivity contribution in [2.45, 2.75) is 30.9 Å². The first-order chi connectivity index (χ1) is 10.0. The van der Waals surface area contributed by atoms with Crippen molar-refractivity contribution < 1.29 is 14.6 Å². The maximum absolute atomic E-state index is 12.7. The predicted molar refractivity (Wildman–Crippen MR) is 80.5 cm³/mol. The summed E-state index contributed by atoms with van der Waals surface area (Å²) < 4.78 is 5.51. The van der Waals surface area contributed by atoms with E-state index in [1.807, 2.05) is 0 Å². The van der Waals surface area contributed by atoms with Crippen molar-refractivity contribution in [2.75, 3.05) is 19.8 Å². The third-order valence-electron chi connectivity index (χ3n) is 4.39. The molecule has 1 saturated carbocycles. The lowest BCUT2D eigenvalue weighted by molar-refractivity contribution is -0.167. The van der Waals surface area contributed by atoms with Crippen LogP contribution in [0.2, 0.25) is 10.0 Å². The van der Waals surface area contributed by atoms with E-state index in [9.17, 15) is 9.90 Å². The minimum atomic E-state index is -1.24. The van der Waals surface area contributed by atoms with Gasteiger partial charge in [0.05, 0.1) is 18.8 Å². The highest BCUT2D eigenvalue weighted by atomic mass is 35.5. The number of carbonyl (C=O) groups excluding carboxylic acids is 1. The van der Waals surface area contributed by atoms with Crippen LogP contribution in [-0.2, 0) is 9.53 Å². The van der Waals surface area contributed by atoms with Crippen LogP contribution in [0.1, 0.15) is 30.9 Å². The fourth-order valence-corrected chi connectivity index (χ4v) is 3.64. The number of hydrogen-bond donors (Lipinski definition) is 1. The fraction of sp³-hybridized carbons (Fsp3) is 0.533. The Balaban J connectivity index is 1.83. The summed E-state index contributed by atoms with van der Waals surface area (Å²) in [6, 6.07) is 4.72. The Morgan fingerprint density at radius 3 is 2.52 bits per heavy atom. The molecule has 4 nitrogen and oxygen atoms in total. The molecule has 1 aliphatic carbocycles. The molecule has 1 aromatic rings. The van der Waals surface area contributed by atoms with Crippen LogP contribution in [0.5, 0.6) is 0 Å². The lowest BCUT2D eigenvalue weighted by Crippen LogP contribution is -2.63. The van der Waals surface area contributed by atoms with Gasteiger partial charge in [0.15, 0.2) is 6.10 Å². The van der Waals surface area contributed by atoms with E-state index in [0.29, 0.717) is 35.4 Å². The number of benzene rings is 1. The Kier molecular flexibility index (Phi) is 4.14. The molecule has 1 atom stereocenters. The van der Waals surface area contributed by atoms with Crippen molar-refractivity contribution in [3.05, 3.63) is 33.8 Å². The third-order valence-corrected chi connectivity index (χ3v) is 4.82. The molecule has 1 amide bonds. The summed E-state index contributed by atoms with van der Waals surface area (Å²) >= 11 is 11.9. The van der Waals surface area contributed by atoms with Gasteiger partial charge in [-0.25, -0.2) is 0 Å². The summed E-state index contributed by atoms with van der Waals surface area (Å²) in [5, 5.41) is 11.2. The van der Waals surface area contributed by atoms with Crippen molar-refractivity contribution in [1.82, 2.24) is 4.90 Å². The second kappa shape index (κ2) is 5.76. The van der Waals surface area contributed by atoms with Crippen LogP contribution in [0, 0.1) is 0 Å². The Labute approximate surface area is 133 Å². The van der Waals surface area contributed by atoms with Gasteiger partial charge in [-0.3, -0.25) is 4.79 Å². The van der Waals surface area contributed by atoms with E-state index >= 15 is 0 Å². The number of rotatable bonds is 2. The smallest absolute Gasteiger partial charge is 0.256 e. The quantitative estimate of drug-likeness (QED) is 0.907. The van der Waals surface area contributed by atoms with Gasteiger partial charge in [-0.15, -0.1) is 0 Å². The lowest BCUT2D eigenvalue weighted by atomic mass is 9.75. The molecule has 1 saturated heterocycles. The lowest BCUT2D eigenvalue weighted by Gasteiger charge is -2.53. The van der Waals surface area contributed by atoms with Crippen LogP contribution < -0.4 is 0 Å². The van der Waals surface area contributed by atoms with Crippen LogP contribution in [0.4, 0.5) is 0 Å². The Morgan fingerprint density at radius 2 is 1.95 bits per heavy atom. The maximum atomic E-state index is 12.7. The van der Waals surface area contributed by atoms with E-state index in [4.69, 9.17) is 27.9 Å². The number of nitrogens with zero attached hydrogens (tertiary/aromatic N) is 1. The van der Waals surface area contributed by atoms with E-state index in [0.717, 1.165) is 19.3 Å². The van der Waals surface area contributed by atoms with E-state index in [1.165, 1.54) is 0 Å². The fourth-order valence-electron chi connectivity index (χ4n) is 3.10. The van der Waals surface area contributed by atoms with Gasteiger partial charge in [0, 0.05) is 16.6 Å². The molecule has 1 spiro atoms. The molecule has 0 bridgehead atoms. The minimum absolute atomic E-state index is 0.224. The minimum Gasteiger partial charge on any atom is -0.378 e. The molecular formula is C15H17Cl2NO3. The van der Waals surface area contributed by atoms with Crippen LogP contribution in [0.15, 0.2) is 18.2 Å². The van der Waals surface area contributed by atoms with Gasteiger partial charge < -0.3 is 14.7 Å². The van der Waals surface area contributed by atoms with Gasteiger partial charge in [0.25, 0.3) is 5.91 Å². The zero-order chi connectivity index (χ0) is 15.0. The topological polar surface area (TPSA) is 49.8 Å². The molecule has 21 heavy (non-hydrogen) atoms. The number of carbonyl (C=O) groups is 1. The average Bonchev–Trinajstić information content (AvgIpc) is 2.43. The van der Waals surface area contributed by atoms with Crippen LogP contribution in [0.25, 0.3) is 0 Å². The number of amides is 1. The van der Waals surface area contributed by atoms with Crippen molar-refractivity contribution in [3.63, 3.8) is 0 Å². The molecule has 114 valence electrons. The number of halogens is 2. The summed E-state index contributed by atoms with van der Waals surface area (Å²) in [5.41, 5.74) is 0.206. The highest BCUT2D eigenvalue weighted by molar-refractivity contribution is 6.34. The van der Waals surface area contributed by atoms with Crippen molar-refractivity contribution in [3.8, 4) is 0 Å². The van der Waals surface area contributed by atoms with Crippen molar-refractivity contribution in [2.24, 2.45) is 0 Å². The first-order valence-corrected chi connectivity index (χ1v) is 7.81. The summed E-state index contributed by atoms with van der Waals surface area (Å²) in [6.07, 6.45) is 1.72. The third kappa shape index (κ3) is 2.78. The number of morpholine rings is 1. The Hall–Kier alpha value is -0.810. The number of aliphatic hydroxyl groups is 1. The maximum Gasteiger partial charge on any atom is 0.256 e. The number of ether oxygens (including phenoxy) is 1. The monoisotopic (exact) mass is 329 g/mol. The first kappa shape index (κ1) is 15.1. The molecule has 2 fully saturated rings. The van der Waals surface area contributed by atoms with E-state index in [-0.39, 0.29) is 11.4 Å². The number of hydrogen-bond acceptors (Lipinski definition) is 3. The largest absolute Gasteiger partial charge is 0.378 e. The number of aliphatic hydroxyl groups excluding tert-OH is 1. The standard InChI is InChI=1S/C15H17Cl2NO3/c16-11-6-10(7-12(17)8-11)13(19)14(20)18-4-5-21-9-15(18)2-1-3-15/h6-8,13,19H,1-5,9H2. The summed E-state index contributed by atoms with van der Waals surface area (Å²) in [5.74, 6) is -0.295. The van der Waals surface area contributed by atoms with Gasteiger partial charge in [-0.1, -0.05) is 23.2 Å². The van der Waals surface area contributed by atoms with E-state index in [1.54, 1.807) is 23.1 Å². The predicted octanol–water partition coefficient (Wildman–Crippen LogP) is 2.81. The summed E-state index contributed by atoms with van der Waals surface area (Å²) in [4.78, 5) is 14.4. The molecule has 1 aromatic carbocycles. The molecule has 1 aliphatic heterocycles. The molecule has 0 aromatic heterocycles. The van der Waals surface area contributed by atoms with Crippen LogP contribution in [-0.4, -0.2) is 41.2 Å². The van der Waals surface area contributed by atoms with Crippen LogP contribution in [0.3, 0.4) is 0 Å². The van der Waals surface area contributed by atoms with Crippen molar-refractivity contribution in [1.29, 1.82) is 0 Å². The van der Waals surface area contributed by atoms with Crippen LogP contribution >= 0.6 is 23.2 Å². The molecule has 0 radical (unpaired) electrons. The highest BCUT2D eigenvalue weighted by Gasteiger charge is 2.48. The van der Waals surface area contributed by atoms with Gasteiger partial charge in [-0.2, -0.15) is 0 Å². The van der Waals surface area contributed by atoms with Crippen molar-refractivity contribution >= 4 is 29.1 Å². The summed E-state index contributed by atoms with van der Waals surface area (Å²) in [7, 11) is 0. The zero-order valence-corrected chi connectivity index (χ0v) is 13.0. The second-order valence-electron chi connectivity index (χ2n) is 5.73. The first-order valence-electron chi connectivity index (χ1n) is 7.05. The van der Waals surface area contributed by atoms with E-state index in [2.05, 4.69) is 0 Å². The summed E-state index contributed by atoms with van der Waals surface area (Å²) in [6.45, 7) is 1.59. The molecule has 1 unspecified atom stereocenters. The highest BCUT2D eigenvalue weighted by Crippen LogP contribution is 2.41. The van der Waals surface area contributed by atoms with Gasteiger partial charge in [0.1, 0.15) is 0 Å². The molecule has 3 rings (SSSR count). The average molecular weight is 330 g/mol. The molecule has 1 N–H and O–H groups in total. The van der Waals surface area contributed by atoms with Gasteiger partial charge >= 0.3 is 0 Å². The Bertz CT molecular complexity index is 540. The van der Waals surface area contributed by atoms with Gasteiger partial charge in [-0.05, 0) is 43.0 Å². The Morgan fingerprint density at radius 1 is 1.29 bits per heavy atom. The molecule has 1 heterocycles. The molecular weight excluding hydrogens is 313 g/mol. The van der Waals surface area contributed by atoms with E-state index < -0.39 is 6.10 Å². The molecule has 6 heteroatoms. The molecule has 2 aliphatic rings.